The topological polar surface area (TPSA) is 49.8 Å². The maximum absolute atomic E-state index is 12.6. The largest absolute Gasteiger partial charge is 0.497 e. The highest BCUT2D eigenvalue weighted by Gasteiger charge is 2.41. The Bertz CT molecular complexity index is 521. The predicted molar refractivity (Wildman–Crippen MR) is 82.4 cm³/mol. The Morgan fingerprint density at radius 2 is 2.00 bits per heavy atom. The number of hydrogen-bond donors (Lipinski definition) is 1. The molecule has 4 heteroatoms. The maximum atomic E-state index is 12.6. The van der Waals surface area contributed by atoms with E-state index in [0.29, 0.717) is 6.42 Å². The third-order valence-electron chi connectivity index (χ3n) is 3.99. The molecule has 1 amide bonds. The average Bonchev–Trinajstić information content (AvgIpc) is 2.48. The third kappa shape index (κ3) is 3.27. The van der Waals surface area contributed by atoms with E-state index in [1.165, 1.54) is 4.90 Å². The van der Waals surface area contributed by atoms with Crippen LogP contribution in [0.4, 0.5) is 0 Å². The van der Waals surface area contributed by atoms with E-state index < -0.39 is 11.5 Å². The summed E-state index contributed by atoms with van der Waals surface area (Å²) in [5, 5.41) is 11.0. The third-order valence-corrected chi connectivity index (χ3v) is 3.99. The minimum Gasteiger partial charge on any atom is -0.497 e. The molecule has 4 nitrogen and oxygen atoms in total. The second-order valence-electron chi connectivity index (χ2n) is 5.72. The van der Waals surface area contributed by atoms with Gasteiger partial charge < -0.3 is 14.7 Å². The van der Waals surface area contributed by atoms with Gasteiger partial charge in [-0.25, -0.2) is 0 Å². The molecular weight excluding hydrogens is 266 g/mol. The Kier molecular flexibility index (Phi) is 4.68. The number of carbonyl (C=O) groups excluding carboxylic acids is 1. The van der Waals surface area contributed by atoms with E-state index >= 15 is 0 Å². The van der Waals surface area contributed by atoms with Crippen LogP contribution in [0, 0.1) is 0 Å². The summed E-state index contributed by atoms with van der Waals surface area (Å²) >= 11 is 0. The number of nitrogens with zero attached hydrogens (tertiary/aromatic N) is 1. The van der Waals surface area contributed by atoms with Gasteiger partial charge in [0.2, 0.25) is 5.91 Å². The van der Waals surface area contributed by atoms with Gasteiger partial charge in [0, 0.05) is 14.1 Å². The Balaban J connectivity index is 2.42. The molecule has 0 spiro atoms. The zero-order valence-electron chi connectivity index (χ0n) is 12.9. The van der Waals surface area contributed by atoms with Crippen LogP contribution in [0.2, 0.25) is 0 Å². The minimum absolute atomic E-state index is 0.0887. The first-order chi connectivity index (χ1) is 9.98. The van der Waals surface area contributed by atoms with E-state index in [1.54, 1.807) is 27.3 Å². The van der Waals surface area contributed by atoms with Crippen LogP contribution in [-0.2, 0) is 4.79 Å². The van der Waals surface area contributed by atoms with E-state index in [-0.39, 0.29) is 5.91 Å². The number of amides is 1. The molecule has 0 radical (unpaired) electrons. The summed E-state index contributed by atoms with van der Waals surface area (Å²) in [6.07, 6.45) is 6.18. The number of aliphatic hydroxyl groups is 1. The Labute approximate surface area is 126 Å². The van der Waals surface area contributed by atoms with Gasteiger partial charge in [0.25, 0.3) is 0 Å². The fourth-order valence-corrected chi connectivity index (χ4v) is 2.81. The van der Waals surface area contributed by atoms with Crippen molar-refractivity contribution in [2.45, 2.75) is 30.8 Å². The number of ether oxygens (including phenoxy) is 1. The monoisotopic (exact) mass is 289 g/mol. The summed E-state index contributed by atoms with van der Waals surface area (Å²) in [5.74, 6) is 0.0603. The van der Waals surface area contributed by atoms with Gasteiger partial charge >= 0.3 is 0 Å². The van der Waals surface area contributed by atoms with Gasteiger partial charge in [-0.2, -0.15) is 0 Å². The Hall–Kier alpha value is -1.81. The van der Waals surface area contributed by atoms with Crippen molar-refractivity contribution in [2.75, 3.05) is 21.2 Å². The second kappa shape index (κ2) is 6.31. The normalized spacial score (nSPS) is 22.7. The number of rotatable bonds is 4. The van der Waals surface area contributed by atoms with E-state index in [1.807, 2.05) is 30.3 Å². The predicted octanol–water partition coefficient (Wildman–Crippen LogP) is 2.34. The van der Waals surface area contributed by atoms with Gasteiger partial charge in [-0.1, -0.05) is 24.3 Å². The first-order valence-electron chi connectivity index (χ1n) is 7.23. The maximum Gasteiger partial charge on any atom is 0.232 e. The molecule has 0 saturated carbocycles. The van der Waals surface area contributed by atoms with Crippen LogP contribution in [0.3, 0.4) is 0 Å². The van der Waals surface area contributed by atoms with Crippen LogP contribution in [0.5, 0.6) is 5.75 Å². The van der Waals surface area contributed by atoms with E-state index in [2.05, 4.69) is 0 Å². The second-order valence-corrected chi connectivity index (χ2v) is 5.72. The smallest absolute Gasteiger partial charge is 0.232 e. The summed E-state index contributed by atoms with van der Waals surface area (Å²) in [5.41, 5.74) is -0.308. The number of carbonyl (C=O) groups is 1. The number of benzene rings is 1. The lowest BCUT2D eigenvalue weighted by molar-refractivity contribution is -0.135. The first-order valence-corrected chi connectivity index (χ1v) is 7.23. The SMILES string of the molecule is COc1ccc(C(C(=O)N(C)C)C2(O)C=CCCC2)cc1. The van der Waals surface area contributed by atoms with Crippen LogP contribution in [0.15, 0.2) is 36.4 Å². The van der Waals surface area contributed by atoms with Crippen LogP contribution in [0.1, 0.15) is 30.7 Å². The van der Waals surface area contributed by atoms with Gasteiger partial charge in [-0.05, 0) is 37.0 Å². The molecule has 21 heavy (non-hydrogen) atoms. The summed E-state index contributed by atoms with van der Waals surface area (Å²) in [6.45, 7) is 0. The molecule has 2 unspecified atom stereocenters. The number of likely N-dealkylation sites (N-methyl/N-ethyl adjacent to an activating group) is 1. The highest BCUT2D eigenvalue weighted by molar-refractivity contribution is 5.85. The van der Waals surface area contributed by atoms with Crippen molar-refractivity contribution in [3.8, 4) is 5.75 Å². The van der Waals surface area contributed by atoms with Crippen LogP contribution >= 0.6 is 0 Å². The minimum atomic E-state index is -1.12. The Morgan fingerprint density at radius 1 is 1.33 bits per heavy atom. The van der Waals surface area contributed by atoms with Crippen molar-refractivity contribution >= 4 is 5.91 Å². The zero-order valence-corrected chi connectivity index (χ0v) is 12.9. The molecule has 0 saturated heterocycles. The number of hydrogen-bond acceptors (Lipinski definition) is 3. The van der Waals surface area contributed by atoms with Crippen molar-refractivity contribution in [1.29, 1.82) is 0 Å². The summed E-state index contributed by atoms with van der Waals surface area (Å²) in [6, 6.07) is 7.35. The van der Waals surface area contributed by atoms with Crippen molar-refractivity contribution in [1.82, 2.24) is 4.90 Å². The number of allylic oxidation sites excluding steroid dienone is 1. The summed E-state index contributed by atoms with van der Waals surface area (Å²) in [4.78, 5) is 14.1. The first kappa shape index (κ1) is 15.6. The molecule has 0 aromatic heterocycles. The van der Waals surface area contributed by atoms with Gasteiger partial charge in [0.05, 0.1) is 18.6 Å². The molecule has 0 bridgehead atoms. The van der Waals surface area contributed by atoms with Gasteiger partial charge in [0.1, 0.15) is 5.75 Å². The molecule has 2 rings (SSSR count). The van der Waals surface area contributed by atoms with Crippen molar-refractivity contribution < 1.29 is 14.6 Å². The van der Waals surface area contributed by atoms with Gasteiger partial charge in [-0.15, -0.1) is 0 Å². The molecule has 1 aromatic rings. The van der Waals surface area contributed by atoms with Crippen molar-refractivity contribution in [2.24, 2.45) is 0 Å². The van der Waals surface area contributed by atoms with Crippen LogP contribution < -0.4 is 4.74 Å². The number of methoxy groups -OCH3 is 1. The molecular formula is C17H23NO3. The lowest BCUT2D eigenvalue weighted by atomic mass is 9.75. The molecule has 1 aliphatic rings. The quantitative estimate of drug-likeness (QED) is 0.866. The lowest BCUT2D eigenvalue weighted by Gasteiger charge is -2.36. The van der Waals surface area contributed by atoms with E-state index in [4.69, 9.17) is 4.74 Å². The highest BCUT2D eigenvalue weighted by Crippen LogP contribution is 2.38. The van der Waals surface area contributed by atoms with Gasteiger partial charge in [-0.3, -0.25) is 4.79 Å². The highest BCUT2D eigenvalue weighted by atomic mass is 16.5. The lowest BCUT2D eigenvalue weighted by Crippen LogP contribution is -2.44. The van der Waals surface area contributed by atoms with E-state index in [0.717, 1.165) is 24.2 Å². The van der Waals surface area contributed by atoms with E-state index in [9.17, 15) is 9.90 Å². The fourth-order valence-electron chi connectivity index (χ4n) is 2.81. The standard InChI is InChI=1S/C17H23NO3/c1-18(2)16(19)15(17(20)11-5-4-6-12-17)13-7-9-14(21-3)10-8-13/h5,7-11,15,20H,4,6,12H2,1-3H3. The van der Waals surface area contributed by atoms with Gasteiger partial charge in [0.15, 0.2) is 0 Å². The summed E-state index contributed by atoms with van der Waals surface area (Å²) in [7, 11) is 5.04. The van der Waals surface area contributed by atoms with Crippen molar-refractivity contribution in [3.05, 3.63) is 42.0 Å². The molecule has 1 aliphatic carbocycles. The molecule has 1 aromatic carbocycles. The Morgan fingerprint density at radius 3 is 2.48 bits per heavy atom. The molecule has 0 heterocycles. The molecule has 114 valence electrons. The van der Waals surface area contributed by atoms with Crippen LogP contribution in [0.25, 0.3) is 0 Å². The molecule has 0 aliphatic heterocycles. The molecule has 1 N–H and O–H groups in total. The summed E-state index contributed by atoms with van der Waals surface area (Å²) < 4.78 is 5.16. The van der Waals surface area contributed by atoms with Crippen LogP contribution in [-0.4, -0.2) is 42.7 Å². The molecule has 0 fully saturated rings. The molecule has 2 atom stereocenters. The average molecular weight is 289 g/mol. The zero-order chi connectivity index (χ0) is 15.5. The fraction of sp³-hybridized carbons (Fsp3) is 0.471. The van der Waals surface area contributed by atoms with Crippen molar-refractivity contribution in [3.63, 3.8) is 0 Å².